The van der Waals surface area contributed by atoms with Crippen LogP contribution < -0.4 is 9.64 Å². The first-order valence-electron chi connectivity index (χ1n) is 13.1. The van der Waals surface area contributed by atoms with Gasteiger partial charge in [0.25, 0.3) is 5.91 Å². The average Bonchev–Trinajstić information content (AvgIpc) is 3.29. The van der Waals surface area contributed by atoms with Gasteiger partial charge in [0.2, 0.25) is 0 Å². The summed E-state index contributed by atoms with van der Waals surface area (Å²) in [5, 5.41) is 0.802. The maximum Gasteiger partial charge on any atom is 0.419 e. The fraction of sp³-hybridized carbons (Fsp3) is 0.226. The van der Waals surface area contributed by atoms with E-state index >= 15 is 0 Å². The van der Waals surface area contributed by atoms with Gasteiger partial charge in [0, 0.05) is 53.9 Å². The van der Waals surface area contributed by atoms with Gasteiger partial charge in [-0.05, 0) is 61.0 Å². The lowest BCUT2D eigenvalue weighted by Gasteiger charge is -2.29. The predicted molar refractivity (Wildman–Crippen MR) is 152 cm³/mol. The number of carbonyl (C=O) groups is 3. The van der Waals surface area contributed by atoms with Crippen molar-refractivity contribution in [3.05, 3.63) is 95.8 Å². The van der Waals surface area contributed by atoms with Crippen LogP contribution >= 0.6 is 0 Å². The van der Waals surface area contributed by atoms with E-state index in [4.69, 9.17) is 9.47 Å². The number of carbonyl (C=O) groups excluding carboxylic acids is 3. The number of halogens is 1. The first-order chi connectivity index (χ1) is 19.6. The summed E-state index contributed by atoms with van der Waals surface area (Å²) < 4.78 is 24.5. The molecule has 0 aliphatic carbocycles. The molecule has 1 aliphatic heterocycles. The molecular weight excluding hydrogens is 527 g/mol. The summed E-state index contributed by atoms with van der Waals surface area (Å²) in [7, 11) is 1.59. The van der Waals surface area contributed by atoms with E-state index in [1.807, 2.05) is 19.9 Å². The van der Waals surface area contributed by atoms with Crippen LogP contribution in [0.2, 0.25) is 0 Å². The number of amides is 2. The van der Waals surface area contributed by atoms with Gasteiger partial charge in [0.1, 0.15) is 11.6 Å². The highest BCUT2D eigenvalue weighted by Crippen LogP contribution is 2.41. The first kappa shape index (κ1) is 27.6. The Morgan fingerprint density at radius 3 is 2.56 bits per heavy atom. The molecule has 0 fully saturated rings. The van der Waals surface area contributed by atoms with Gasteiger partial charge in [-0.15, -0.1) is 0 Å². The molecule has 2 aromatic heterocycles. The van der Waals surface area contributed by atoms with Gasteiger partial charge < -0.3 is 19.4 Å². The van der Waals surface area contributed by atoms with Crippen LogP contribution in [0, 0.1) is 5.82 Å². The van der Waals surface area contributed by atoms with E-state index in [1.165, 1.54) is 40.3 Å². The van der Waals surface area contributed by atoms with Gasteiger partial charge in [-0.3, -0.25) is 14.7 Å². The predicted octanol–water partition coefficient (Wildman–Crippen LogP) is 5.67. The number of pyridine rings is 1. The number of rotatable bonds is 5. The molecule has 4 aromatic rings. The van der Waals surface area contributed by atoms with Crippen molar-refractivity contribution in [1.29, 1.82) is 0 Å². The van der Waals surface area contributed by atoms with E-state index in [2.05, 4.69) is 9.97 Å². The monoisotopic (exact) mass is 556 g/mol. The molecule has 41 heavy (non-hydrogen) atoms. The summed E-state index contributed by atoms with van der Waals surface area (Å²) in [6.45, 7) is 6.03. The minimum Gasteiger partial charge on any atom is -0.462 e. The molecule has 1 aliphatic rings. The van der Waals surface area contributed by atoms with Crippen molar-refractivity contribution < 1.29 is 28.2 Å². The molecule has 0 spiro atoms. The molecule has 3 heterocycles. The third-order valence-electron chi connectivity index (χ3n) is 6.93. The number of ether oxygens (including phenoxy) is 2. The summed E-state index contributed by atoms with van der Waals surface area (Å²) >= 11 is 0. The van der Waals surface area contributed by atoms with Gasteiger partial charge >= 0.3 is 12.1 Å². The largest absolute Gasteiger partial charge is 0.462 e. The SMILES string of the molecule is CCOC(=O)C1=CN(C(=O)c2ccc(F)cc2)CC(C)(C)c2c1[nH]c1cc(OC(=O)N(C)c3cccnc3)ccc21. The van der Waals surface area contributed by atoms with Gasteiger partial charge in [-0.2, -0.15) is 0 Å². The Kier molecular flexibility index (Phi) is 7.32. The molecule has 0 radical (unpaired) electrons. The second-order valence-electron chi connectivity index (χ2n) is 10.3. The quantitative estimate of drug-likeness (QED) is 0.318. The molecule has 10 heteroatoms. The van der Waals surface area contributed by atoms with Crippen molar-refractivity contribution in [3.8, 4) is 5.75 Å². The Bertz CT molecular complexity index is 1660. The molecule has 0 bridgehead atoms. The van der Waals surface area contributed by atoms with Crippen LogP contribution in [0.15, 0.2) is 73.2 Å². The zero-order valence-corrected chi connectivity index (χ0v) is 23.1. The minimum atomic E-state index is -0.632. The maximum absolute atomic E-state index is 13.5. The Hall–Kier alpha value is -4.99. The number of nitrogens with one attached hydrogen (secondary N) is 1. The lowest BCUT2D eigenvalue weighted by molar-refractivity contribution is -0.136. The minimum absolute atomic E-state index is 0.144. The fourth-order valence-corrected chi connectivity index (χ4v) is 5.00. The summed E-state index contributed by atoms with van der Waals surface area (Å²) in [5.74, 6) is -1.11. The van der Waals surface area contributed by atoms with E-state index < -0.39 is 23.3 Å². The first-order valence-corrected chi connectivity index (χ1v) is 13.1. The maximum atomic E-state index is 13.5. The number of H-pyrrole nitrogens is 1. The van der Waals surface area contributed by atoms with Crippen LogP contribution in [-0.2, 0) is 14.9 Å². The lowest BCUT2D eigenvalue weighted by Crippen LogP contribution is -2.37. The zero-order chi connectivity index (χ0) is 29.3. The van der Waals surface area contributed by atoms with E-state index in [1.54, 1.807) is 50.6 Å². The topological polar surface area (TPSA) is 105 Å². The van der Waals surface area contributed by atoms with Crippen LogP contribution in [0.4, 0.5) is 14.9 Å². The van der Waals surface area contributed by atoms with E-state index in [-0.39, 0.29) is 24.6 Å². The van der Waals surface area contributed by atoms with Crippen molar-refractivity contribution in [2.24, 2.45) is 0 Å². The molecule has 210 valence electrons. The van der Waals surface area contributed by atoms with Crippen molar-refractivity contribution in [2.75, 3.05) is 25.1 Å². The molecule has 0 saturated carbocycles. The van der Waals surface area contributed by atoms with Crippen LogP contribution in [-0.4, -0.2) is 53.0 Å². The van der Waals surface area contributed by atoms with Gasteiger partial charge in [-0.1, -0.05) is 13.8 Å². The van der Waals surface area contributed by atoms with E-state index in [9.17, 15) is 18.8 Å². The normalized spacial score (nSPS) is 14.1. The number of esters is 1. The molecule has 2 aromatic carbocycles. The second kappa shape index (κ2) is 10.9. The van der Waals surface area contributed by atoms with E-state index in [0.717, 1.165) is 10.9 Å². The van der Waals surface area contributed by atoms with Crippen LogP contribution in [0.3, 0.4) is 0 Å². The van der Waals surface area contributed by atoms with Crippen molar-refractivity contribution >= 4 is 40.1 Å². The fourth-order valence-electron chi connectivity index (χ4n) is 5.00. The molecular formula is C31H29FN4O5. The molecule has 0 saturated heterocycles. The number of benzene rings is 2. The number of aromatic nitrogens is 2. The lowest BCUT2D eigenvalue weighted by atomic mass is 9.81. The smallest absolute Gasteiger partial charge is 0.419 e. The van der Waals surface area contributed by atoms with Crippen LogP contribution in [0.1, 0.15) is 42.4 Å². The highest BCUT2D eigenvalue weighted by molar-refractivity contribution is 6.18. The molecule has 9 nitrogen and oxygen atoms in total. The molecule has 5 rings (SSSR count). The molecule has 2 amide bonds. The van der Waals surface area contributed by atoms with Crippen LogP contribution in [0.25, 0.3) is 16.5 Å². The van der Waals surface area contributed by atoms with Crippen LogP contribution in [0.5, 0.6) is 5.75 Å². The number of nitrogens with zero attached hydrogens (tertiary/aromatic N) is 3. The third kappa shape index (κ3) is 5.41. The molecule has 0 unspecified atom stereocenters. The number of hydrogen-bond acceptors (Lipinski definition) is 6. The van der Waals surface area contributed by atoms with Crippen molar-refractivity contribution in [1.82, 2.24) is 14.9 Å². The van der Waals surface area contributed by atoms with Gasteiger partial charge in [0.05, 0.1) is 29.8 Å². The summed E-state index contributed by atoms with van der Waals surface area (Å²) in [6.07, 6.45) is 4.07. The number of fused-ring (bicyclic) bond motifs is 3. The summed E-state index contributed by atoms with van der Waals surface area (Å²) in [5.41, 5.74) is 2.38. The highest BCUT2D eigenvalue weighted by Gasteiger charge is 2.37. The number of hydrogen-bond donors (Lipinski definition) is 1. The second-order valence-corrected chi connectivity index (χ2v) is 10.3. The van der Waals surface area contributed by atoms with Gasteiger partial charge in [-0.25, -0.2) is 14.0 Å². The number of aromatic amines is 1. The third-order valence-corrected chi connectivity index (χ3v) is 6.93. The van der Waals surface area contributed by atoms with Gasteiger partial charge in [0.15, 0.2) is 0 Å². The molecule has 0 atom stereocenters. The van der Waals surface area contributed by atoms with Crippen molar-refractivity contribution in [2.45, 2.75) is 26.2 Å². The summed E-state index contributed by atoms with van der Waals surface area (Å²) in [6, 6.07) is 13.9. The Morgan fingerprint density at radius 2 is 1.88 bits per heavy atom. The Balaban J connectivity index is 1.54. The average molecular weight is 557 g/mol. The highest BCUT2D eigenvalue weighted by atomic mass is 19.1. The zero-order valence-electron chi connectivity index (χ0n) is 23.1. The summed E-state index contributed by atoms with van der Waals surface area (Å²) in [4.78, 5) is 49.6. The Labute approximate surface area is 236 Å². The number of anilines is 1. The van der Waals surface area contributed by atoms with E-state index in [0.29, 0.717) is 28.2 Å². The standard InChI is InChI=1S/C31H29FN4O5/c1-5-40-29(38)24-17-36(28(37)19-8-10-20(32)11-9-19)18-31(2,3)26-23-13-12-22(15-25(23)34-27(24)26)41-30(39)35(4)21-7-6-14-33-16-21/h6-17,34H,5,18H2,1-4H3. The van der Waals surface area contributed by atoms with Crippen molar-refractivity contribution in [3.63, 3.8) is 0 Å². The Morgan fingerprint density at radius 1 is 1.12 bits per heavy atom. The molecule has 1 N–H and O–H groups in total.